The van der Waals surface area contributed by atoms with Crippen LogP contribution in [0.2, 0.25) is 0 Å². The summed E-state index contributed by atoms with van der Waals surface area (Å²) in [6.07, 6.45) is 1.70. The molecule has 0 amide bonds. The second kappa shape index (κ2) is 10.6. The molecular formula is C24H33N4O6P. The van der Waals surface area contributed by atoms with Crippen LogP contribution in [0, 0.1) is 0 Å². The lowest BCUT2D eigenvalue weighted by Crippen LogP contribution is -2.30. The predicted octanol–water partition coefficient (Wildman–Crippen LogP) is 3.40. The van der Waals surface area contributed by atoms with Crippen LogP contribution < -0.4 is 11.3 Å². The van der Waals surface area contributed by atoms with E-state index in [0.717, 1.165) is 17.5 Å². The Morgan fingerprint density at radius 3 is 2.74 bits per heavy atom. The molecule has 0 bridgehead atoms. The van der Waals surface area contributed by atoms with Crippen molar-refractivity contribution < 1.29 is 23.5 Å². The summed E-state index contributed by atoms with van der Waals surface area (Å²) in [6.45, 7) is 5.62. The monoisotopic (exact) mass is 504 g/mol. The molecule has 190 valence electrons. The number of benzene rings is 1. The topological polar surface area (TPSA) is 142 Å². The van der Waals surface area contributed by atoms with Crippen LogP contribution in [0.5, 0.6) is 0 Å². The molecule has 1 aromatic carbocycles. The van der Waals surface area contributed by atoms with Gasteiger partial charge in [0.2, 0.25) is 5.95 Å². The van der Waals surface area contributed by atoms with Gasteiger partial charge in [-0.3, -0.25) is 14.3 Å². The molecular weight excluding hydrogens is 471 g/mol. The van der Waals surface area contributed by atoms with E-state index in [2.05, 4.69) is 9.97 Å². The van der Waals surface area contributed by atoms with Gasteiger partial charge in [-0.1, -0.05) is 37.3 Å². The number of nitrogens with two attached hydrogens (primary N) is 1. The molecule has 2 unspecified atom stereocenters. The van der Waals surface area contributed by atoms with Crippen molar-refractivity contribution in [1.82, 2.24) is 14.5 Å². The Morgan fingerprint density at radius 1 is 1.31 bits per heavy atom. The first-order valence-corrected chi connectivity index (χ1v) is 13.6. The van der Waals surface area contributed by atoms with Crippen molar-refractivity contribution in [3.8, 4) is 0 Å². The van der Waals surface area contributed by atoms with Crippen molar-refractivity contribution in [3.63, 3.8) is 0 Å². The van der Waals surface area contributed by atoms with Gasteiger partial charge in [0.15, 0.2) is 5.65 Å². The van der Waals surface area contributed by atoms with Gasteiger partial charge < -0.3 is 29.2 Å². The average Bonchev–Trinajstić information content (AvgIpc) is 3.37. The van der Waals surface area contributed by atoms with Gasteiger partial charge in [0.1, 0.15) is 12.3 Å². The lowest BCUT2D eigenvalue weighted by molar-refractivity contribution is -0.0702. The molecule has 1 saturated heterocycles. The Hall–Kier alpha value is -2.49. The summed E-state index contributed by atoms with van der Waals surface area (Å²) in [5, 5.41) is 0.458. The smallest absolute Gasteiger partial charge is 0.328 e. The number of nitrogens with zero attached hydrogens (tertiary/aromatic N) is 2. The first-order valence-electron chi connectivity index (χ1n) is 11.9. The number of nitrogen functional groups attached to an aromatic ring is 1. The fourth-order valence-electron chi connectivity index (χ4n) is 4.29. The zero-order valence-corrected chi connectivity index (χ0v) is 21.1. The Labute approximate surface area is 204 Å². The Kier molecular flexibility index (Phi) is 7.78. The third kappa shape index (κ3) is 6.02. The molecule has 4 rings (SSSR count). The molecule has 4 atom stereocenters. The number of aromatic amines is 1. The van der Waals surface area contributed by atoms with Gasteiger partial charge in [0, 0.05) is 18.8 Å². The highest BCUT2D eigenvalue weighted by molar-refractivity contribution is 7.52. The number of ether oxygens (including phenoxy) is 2. The SMILES string of the molecule is CCP(=O)(O)O[C@@H]1C[C@H](n2cc(CCc3ccccc3)c3c(=O)[nH]c(N)nc32)OC1COC(C)C. The minimum absolute atomic E-state index is 0.00449. The van der Waals surface area contributed by atoms with Crippen LogP contribution in [0.4, 0.5) is 5.95 Å². The van der Waals surface area contributed by atoms with E-state index in [4.69, 9.17) is 19.7 Å². The number of nitrogens with one attached hydrogen (secondary N) is 1. The molecule has 0 aliphatic carbocycles. The molecule has 0 radical (unpaired) electrons. The highest BCUT2D eigenvalue weighted by Gasteiger charge is 2.41. The molecule has 10 nitrogen and oxygen atoms in total. The lowest BCUT2D eigenvalue weighted by atomic mass is 10.1. The summed E-state index contributed by atoms with van der Waals surface area (Å²) in [7, 11) is -3.76. The number of H-pyrrole nitrogens is 1. The predicted molar refractivity (Wildman–Crippen MR) is 133 cm³/mol. The number of anilines is 1. The van der Waals surface area contributed by atoms with E-state index in [9.17, 15) is 14.3 Å². The van der Waals surface area contributed by atoms with Gasteiger partial charge in [-0.2, -0.15) is 4.98 Å². The van der Waals surface area contributed by atoms with Gasteiger partial charge in [-0.25, -0.2) is 0 Å². The van der Waals surface area contributed by atoms with Gasteiger partial charge in [-0.15, -0.1) is 0 Å². The quantitative estimate of drug-likeness (QED) is 0.357. The maximum Gasteiger partial charge on any atom is 0.328 e. The second-order valence-corrected chi connectivity index (χ2v) is 11.2. The molecule has 2 aromatic heterocycles. The normalized spacial score (nSPS) is 22.1. The van der Waals surface area contributed by atoms with E-state index < -0.39 is 26.0 Å². The van der Waals surface area contributed by atoms with Crippen molar-refractivity contribution in [2.75, 3.05) is 18.5 Å². The van der Waals surface area contributed by atoms with E-state index in [1.54, 1.807) is 11.5 Å². The van der Waals surface area contributed by atoms with E-state index in [-0.39, 0.29) is 30.4 Å². The van der Waals surface area contributed by atoms with E-state index in [0.29, 0.717) is 23.9 Å². The average molecular weight is 505 g/mol. The number of aromatic nitrogens is 3. The maximum atomic E-state index is 12.8. The zero-order valence-electron chi connectivity index (χ0n) is 20.2. The van der Waals surface area contributed by atoms with Crippen molar-refractivity contribution in [1.29, 1.82) is 0 Å². The van der Waals surface area contributed by atoms with Crippen LogP contribution in [-0.2, 0) is 31.4 Å². The van der Waals surface area contributed by atoms with Crippen molar-refractivity contribution in [2.24, 2.45) is 0 Å². The molecule has 1 aliphatic heterocycles. The summed E-state index contributed by atoms with van der Waals surface area (Å²) in [6, 6.07) is 10.0. The molecule has 35 heavy (non-hydrogen) atoms. The van der Waals surface area contributed by atoms with Crippen molar-refractivity contribution in [2.45, 2.75) is 64.6 Å². The molecule has 0 spiro atoms. The molecule has 1 fully saturated rings. The molecule has 0 saturated carbocycles. The summed E-state index contributed by atoms with van der Waals surface area (Å²) < 4.78 is 31.7. The fraction of sp³-hybridized carbons (Fsp3) is 0.500. The fourth-order valence-corrected chi connectivity index (χ4v) is 5.08. The number of rotatable bonds is 10. The van der Waals surface area contributed by atoms with Crippen LogP contribution in [0.25, 0.3) is 11.0 Å². The van der Waals surface area contributed by atoms with Crippen LogP contribution in [0.15, 0.2) is 41.3 Å². The highest BCUT2D eigenvalue weighted by Crippen LogP contribution is 2.47. The van der Waals surface area contributed by atoms with Crippen molar-refractivity contribution >= 4 is 24.6 Å². The first kappa shape index (κ1) is 25.6. The third-order valence-electron chi connectivity index (χ3n) is 6.09. The summed E-state index contributed by atoms with van der Waals surface area (Å²) in [5.41, 5.74) is 7.94. The van der Waals surface area contributed by atoms with E-state index in [1.807, 2.05) is 50.4 Å². The van der Waals surface area contributed by atoms with Crippen LogP contribution in [0.1, 0.15) is 44.5 Å². The van der Waals surface area contributed by atoms with Crippen LogP contribution >= 0.6 is 7.60 Å². The number of hydrogen-bond acceptors (Lipinski definition) is 7. The lowest BCUT2D eigenvalue weighted by Gasteiger charge is -2.22. The molecule has 1 aliphatic rings. The molecule has 11 heteroatoms. The maximum absolute atomic E-state index is 12.8. The van der Waals surface area contributed by atoms with Crippen LogP contribution in [0.3, 0.4) is 0 Å². The Morgan fingerprint density at radius 2 is 2.06 bits per heavy atom. The zero-order chi connectivity index (χ0) is 25.2. The van der Waals surface area contributed by atoms with E-state index in [1.165, 1.54) is 0 Å². The molecule has 3 heterocycles. The standard InChI is InChI=1S/C24H33N4O6P/c1-4-35(30,31)34-18-12-20(33-19(18)14-32-15(2)3)28-13-17(11-10-16-8-6-5-7-9-16)21-22(28)26-24(25)27-23(21)29/h5-9,13,15,18-20H,4,10-12,14H2,1-3H3,(H,30,31)(H3,25,26,27,29)/t18-,19?,20-/m1/s1. The van der Waals surface area contributed by atoms with Crippen LogP contribution in [-0.4, -0.2) is 50.5 Å². The highest BCUT2D eigenvalue weighted by atomic mass is 31.2. The van der Waals surface area contributed by atoms with E-state index >= 15 is 0 Å². The van der Waals surface area contributed by atoms with Gasteiger partial charge in [-0.05, 0) is 37.8 Å². The summed E-state index contributed by atoms with van der Waals surface area (Å²) in [4.78, 5) is 30.0. The third-order valence-corrected chi connectivity index (χ3v) is 7.49. The Bertz CT molecular complexity index is 1260. The summed E-state index contributed by atoms with van der Waals surface area (Å²) >= 11 is 0. The molecule has 4 N–H and O–H groups in total. The number of fused-ring (bicyclic) bond motifs is 1. The largest absolute Gasteiger partial charge is 0.376 e. The minimum atomic E-state index is -3.76. The Balaban J connectivity index is 1.67. The van der Waals surface area contributed by atoms with Gasteiger partial charge in [0.05, 0.1) is 24.2 Å². The molecule has 3 aromatic rings. The summed E-state index contributed by atoms with van der Waals surface area (Å²) in [5.74, 6) is 0.00721. The van der Waals surface area contributed by atoms with Gasteiger partial charge >= 0.3 is 7.60 Å². The minimum Gasteiger partial charge on any atom is -0.376 e. The van der Waals surface area contributed by atoms with Crippen molar-refractivity contribution in [3.05, 3.63) is 58.0 Å². The first-order chi connectivity index (χ1) is 16.7. The second-order valence-electron chi connectivity index (χ2n) is 9.04. The van der Waals surface area contributed by atoms with Gasteiger partial charge in [0.25, 0.3) is 5.56 Å². The number of hydrogen-bond donors (Lipinski definition) is 3. The number of aryl methyl sites for hydroxylation is 2.